The third-order valence-corrected chi connectivity index (χ3v) is 6.70. The molecule has 3 aromatic rings. The first-order valence-electron chi connectivity index (χ1n) is 13.5. The van der Waals surface area contributed by atoms with Gasteiger partial charge in [-0.15, -0.1) is 0 Å². The van der Waals surface area contributed by atoms with Crippen LogP contribution >= 0.6 is 0 Å². The number of aromatic amines is 1. The van der Waals surface area contributed by atoms with E-state index in [-0.39, 0.29) is 18.5 Å². The molecule has 15 nitrogen and oxygen atoms in total. The van der Waals surface area contributed by atoms with E-state index in [1.165, 1.54) is 24.7 Å². The molecule has 1 saturated heterocycles. The van der Waals surface area contributed by atoms with Gasteiger partial charge in [-0.25, -0.2) is 19.7 Å². The van der Waals surface area contributed by atoms with E-state index in [0.29, 0.717) is 17.9 Å². The van der Waals surface area contributed by atoms with Gasteiger partial charge in [-0.2, -0.15) is 0 Å². The normalized spacial score (nSPS) is 19.3. The van der Waals surface area contributed by atoms with Crippen LogP contribution in [0, 0.1) is 0 Å². The highest BCUT2D eigenvalue weighted by molar-refractivity contribution is 5.91. The molecular weight excluding hydrogens is 534 g/mol. The topological polar surface area (TPSA) is 189 Å². The Morgan fingerprint density at radius 1 is 1.22 bits per heavy atom. The zero-order chi connectivity index (χ0) is 29.6. The lowest BCUT2D eigenvalue weighted by Crippen LogP contribution is -2.35. The minimum atomic E-state index is -0.945. The van der Waals surface area contributed by atoms with E-state index in [1.54, 1.807) is 6.33 Å². The first-order chi connectivity index (χ1) is 19.6. The Bertz CT molecular complexity index is 1490. The number of unbranched alkanes of at least 4 members (excludes halogenated alkanes) is 1. The number of nitrogens with zero attached hydrogens (tertiary/aromatic N) is 6. The molecule has 0 aromatic carbocycles. The molecule has 4 rings (SSSR count). The number of fused-ring (bicyclic) bond motifs is 1. The smallest absolute Gasteiger partial charge is 0.330 e. The van der Waals surface area contributed by atoms with E-state index in [2.05, 4.69) is 51.7 Å². The van der Waals surface area contributed by atoms with Gasteiger partial charge in [-0.1, -0.05) is 0 Å². The Hall–Kier alpha value is -3.92. The maximum Gasteiger partial charge on any atom is 0.330 e. The van der Waals surface area contributed by atoms with Crippen molar-refractivity contribution in [1.82, 2.24) is 34.4 Å². The second-order valence-corrected chi connectivity index (χ2v) is 11.0. The molecule has 222 valence electrons. The lowest BCUT2D eigenvalue weighted by atomic mass is 10.2. The maximum absolute atomic E-state index is 12.3. The SMILES string of the molecule is C[N+](C)(C)CCCCn1cnc2c(NCCNC(=O)/C=C/c3cn(C4CC(O)C(CO)O4)c(=O)[nH]c3=O)ncnc21. The minimum Gasteiger partial charge on any atom is -0.394 e. The van der Waals surface area contributed by atoms with Crippen molar-refractivity contribution in [2.24, 2.45) is 0 Å². The molecule has 15 heteroatoms. The number of aliphatic hydroxyl groups excluding tert-OH is 2. The van der Waals surface area contributed by atoms with Crippen LogP contribution < -0.4 is 21.9 Å². The van der Waals surface area contributed by atoms with Gasteiger partial charge in [0.2, 0.25) is 5.91 Å². The fourth-order valence-electron chi connectivity index (χ4n) is 4.52. The number of imidazole rings is 1. The van der Waals surface area contributed by atoms with Crippen LogP contribution in [-0.2, 0) is 16.1 Å². The zero-order valence-corrected chi connectivity index (χ0v) is 23.5. The molecule has 3 atom stereocenters. The zero-order valence-electron chi connectivity index (χ0n) is 23.5. The number of nitrogens with one attached hydrogen (secondary N) is 3. The van der Waals surface area contributed by atoms with Crippen LogP contribution in [0.5, 0.6) is 0 Å². The van der Waals surface area contributed by atoms with E-state index in [9.17, 15) is 24.6 Å². The molecule has 3 aromatic heterocycles. The molecule has 1 aliphatic heterocycles. The van der Waals surface area contributed by atoms with Crippen molar-refractivity contribution in [1.29, 1.82) is 0 Å². The average Bonchev–Trinajstić information content (AvgIpc) is 3.51. The molecule has 0 bridgehead atoms. The molecule has 1 aliphatic rings. The summed E-state index contributed by atoms with van der Waals surface area (Å²) in [6.45, 7) is 2.15. The van der Waals surface area contributed by atoms with Crippen molar-refractivity contribution in [3.8, 4) is 0 Å². The van der Waals surface area contributed by atoms with Crippen LogP contribution in [0.1, 0.15) is 31.1 Å². The summed E-state index contributed by atoms with van der Waals surface area (Å²) >= 11 is 0. The van der Waals surface area contributed by atoms with E-state index in [0.717, 1.165) is 40.6 Å². The molecular formula is C26H38N9O6+. The van der Waals surface area contributed by atoms with Crippen molar-refractivity contribution in [2.75, 3.05) is 52.7 Å². The molecule has 3 unspecified atom stereocenters. The van der Waals surface area contributed by atoms with E-state index in [4.69, 9.17) is 4.74 Å². The Labute approximate surface area is 236 Å². The Balaban J connectivity index is 1.28. The second-order valence-electron chi connectivity index (χ2n) is 11.0. The summed E-state index contributed by atoms with van der Waals surface area (Å²) < 4.78 is 9.55. The number of carbonyl (C=O) groups excluding carboxylic acids is 1. The van der Waals surface area contributed by atoms with Crippen molar-refractivity contribution in [2.45, 2.75) is 44.2 Å². The fourth-order valence-corrected chi connectivity index (χ4v) is 4.52. The van der Waals surface area contributed by atoms with Gasteiger partial charge in [0.05, 0.1) is 52.3 Å². The van der Waals surface area contributed by atoms with Crippen LogP contribution in [0.3, 0.4) is 0 Å². The predicted molar refractivity (Wildman–Crippen MR) is 151 cm³/mol. The average molecular weight is 573 g/mol. The second kappa shape index (κ2) is 13.2. The molecule has 1 amide bonds. The highest BCUT2D eigenvalue weighted by atomic mass is 16.5. The summed E-state index contributed by atoms with van der Waals surface area (Å²) in [6.07, 6.45) is 6.53. The first kappa shape index (κ1) is 30.0. The van der Waals surface area contributed by atoms with Gasteiger partial charge in [-0.05, 0) is 18.9 Å². The summed E-state index contributed by atoms with van der Waals surface area (Å²) in [6, 6.07) is 0. The van der Waals surface area contributed by atoms with Gasteiger partial charge in [0.25, 0.3) is 5.56 Å². The molecule has 0 saturated carbocycles. The lowest BCUT2D eigenvalue weighted by Gasteiger charge is -2.23. The molecule has 4 heterocycles. The maximum atomic E-state index is 12.3. The number of carbonyl (C=O) groups is 1. The molecule has 0 aliphatic carbocycles. The van der Waals surface area contributed by atoms with Crippen molar-refractivity contribution < 1.29 is 24.2 Å². The number of H-pyrrole nitrogens is 1. The summed E-state index contributed by atoms with van der Waals surface area (Å²) in [7, 11) is 6.53. The number of aliphatic hydroxyl groups is 2. The number of rotatable bonds is 13. The van der Waals surface area contributed by atoms with Crippen LogP contribution in [0.2, 0.25) is 0 Å². The first-order valence-corrected chi connectivity index (χ1v) is 13.5. The van der Waals surface area contributed by atoms with Gasteiger partial charge in [0.15, 0.2) is 11.5 Å². The van der Waals surface area contributed by atoms with Gasteiger partial charge in [0, 0.05) is 38.3 Å². The number of ether oxygens (including phenoxy) is 1. The third-order valence-electron chi connectivity index (χ3n) is 6.70. The molecule has 1 fully saturated rings. The van der Waals surface area contributed by atoms with Gasteiger partial charge in [0.1, 0.15) is 24.2 Å². The minimum absolute atomic E-state index is 0.0554. The van der Waals surface area contributed by atoms with E-state index < -0.39 is 42.2 Å². The van der Waals surface area contributed by atoms with Gasteiger partial charge < -0.3 is 34.6 Å². The number of amides is 1. The third kappa shape index (κ3) is 7.85. The number of hydrogen-bond acceptors (Lipinski definition) is 10. The largest absolute Gasteiger partial charge is 0.394 e. The van der Waals surface area contributed by atoms with Crippen LogP contribution in [-0.4, -0.2) is 109 Å². The summed E-state index contributed by atoms with van der Waals surface area (Å²) in [5, 5.41) is 25.1. The van der Waals surface area contributed by atoms with Gasteiger partial charge in [-0.3, -0.25) is 19.1 Å². The van der Waals surface area contributed by atoms with Crippen molar-refractivity contribution in [3.05, 3.63) is 51.3 Å². The molecule has 0 spiro atoms. The Morgan fingerprint density at radius 3 is 2.76 bits per heavy atom. The van der Waals surface area contributed by atoms with Crippen LogP contribution in [0.25, 0.3) is 17.2 Å². The number of anilines is 1. The predicted octanol–water partition coefficient (Wildman–Crippen LogP) is -0.955. The molecule has 0 radical (unpaired) electrons. The Kier molecular flexibility index (Phi) is 9.65. The van der Waals surface area contributed by atoms with Crippen molar-refractivity contribution in [3.63, 3.8) is 0 Å². The number of aryl methyl sites for hydroxylation is 1. The van der Waals surface area contributed by atoms with E-state index >= 15 is 0 Å². The van der Waals surface area contributed by atoms with E-state index in [1.807, 2.05) is 4.57 Å². The van der Waals surface area contributed by atoms with Crippen molar-refractivity contribution >= 4 is 29.0 Å². The standard InChI is InChI=1S/C26H37N9O6/c1-35(2,3)11-5-4-10-33-16-31-22-23(29-15-30-24(22)33)28-9-8-27-20(38)7-6-17-13-34(26(40)32-25(17)39)21-12-18(37)19(14-36)41-21/h6-7,13,15-16,18-19,21,36-37H,4-5,8-12,14H2,1-3H3,(H2-,27,28,29,30,32,38,39,40)/p+1/b7-6+. The molecule has 41 heavy (non-hydrogen) atoms. The number of aromatic nitrogens is 6. The number of quaternary nitrogens is 1. The fraction of sp³-hybridized carbons (Fsp3) is 0.538. The monoisotopic (exact) mass is 572 g/mol. The summed E-state index contributed by atoms with van der Waals surface area (Å²) in [4.78, 5) is 52.1. The number of hydrogen-bond donors (Lipinski definition) is 5. The highest BCUT2D eigenvalue weighted by Gasteiger charge is 2.35. The summed E-state index contributed by atoms with van der Waals surface area (Å²) in [5.74, 6) is 0.129. The van der Waals surface area contributed by atoms with Crippen LogP contribution in [0.15, 0.2) is 34.5 Å². The Morgan fingerprint density at radius 2 is 2.02 bits per heavy atom. The quantitative estimate of drug-likeness (QED) is 0.0970. The highest BCUT2D eigenvalue weighted by Crippen LogP contribution is 2.27. The lowest BCUT2D eigenvalue weighted by molar-refractivity contribution is -0.870. The van der Waals surface area contributed by atoms with Crippen LogP contribution in [0.4, 0.5) is 5.82 Å². The van der Waals surface area contributed by atoms with Gasteiger partial charge >= 0.3 is 5.69 Å². The summed E-state index contributed by atoms with van der Waals surface area (Å²) in [5.41, 5.74) is 0.0658. The molecule has 5 N–H and O–H groups in total.